The number of unbranched alkanes of at least 4 members (excludes halogenated alkanes) is 7. The Morgan fingerprint density at radius 3 is 1.94 bits per heavy atom. The Bertz CT molecular complexity index is 247. The van der Waals surface area contributed by atoms with Gasteiger partial charge in [0.1, 0.15) is 0 Å². The average molecular weight is 253 g/mol. The third kappa shape index (κ3) is 6.77. The van der Waals surface area contributed by atoms with Gasteiger partial charge in [-0.25, -0.2) is 0 Å². The Hall–Kier alpha value is -0.860. The zero-order valence-corrected chi connectivity index (χ0v) is 11.7. The molecule has 0 bridgehead atoms. The number of rotatable bonds is 9. The molecule has 1 N–H and O–H groups in total. The lowest BCUT2D eigenvalue weighted by Gasteiger charge is -2.20. The number of hydrogen-bond acceptors (Lipinski definition) is 2. The zero-order valence-electron chi connectivity index (χ0n) is 11.7. The highest BCUT2D eigenvalue weighted by atomic mass is 16.2. The van der Waals surface area contributed by atoms with Crippen LogP contribution in [-0.4, -0.2) is 11.8 Å². The fraction of sp³-hybridized carbons (Fsp3) is 0.867. The fourth-order valence-corrected chi connectivity index (χ4v) is 2.63. The van der Waals surface area contributed by atoms with Crippen molar-refractivity contribution in [1.29, 1.82) is 0 Å². The van der Waals surface area contributed by atoms with Crippen molar-refractivity contribution in [2.24, 2.45) is 5.92 Å². The van der Waals surface area contributed by atoms with E-state index in [0.717, 1.165) is 6.42 Å². The number of imide groups is 1. The molecule has 104 valence electrons. The number of carbonyl (C=O) groups is 2. The maximum Gasteiger partial charge on any atom is 0.226 e. The van der Waals surface area contributed by atoms with Crippen LogP contribution < -0.4 is 5.32 Å². The molecule has 3 heteroatoms. The molecular formula is C15H27NO2. The maximum absolute atomic E-state index is 11.2. The summed E-state index contributed by atoms with van der Waals surface area (Å²) in [4.78, 5) is 22.4. The molecule has 0 radical (unpaired) electrons. The molecule has 1 rings (SSSR count). The van der Waals surface area contributed by atoms with Crippen molar-refractivity contribution in [2.45, 2.75) is 77.6 Å². The molecule has 0 saturated carbocycles. The van der Waals surface area contributed by atoms with Crippen LogP contribution in [0.25, 0.3) is 0 Å². The van der Waals surface area contributed by atoms with Crippen LogP contribution in [0, 0.1) is 5.92 Å². The second-order valence-electron chi connectivity index (χ2n) is 5.51. The molecule has 1 saturated heterocycles. The van der Waals surface area contributed by atoms with E-state index in [1.54, 1.807) is 0 Å². The summed E-state index contributed by atoms with van der Waals surface area (Å²) in [5.41, 5.74) is 0. The van der Waals surface area contributed by atoms with Gasteiger partial charge in [-0.3, -0.25) is 14.9 Å². The summed E-state index contributed by atoms with van der Waals surface area (Å²) < 4.78 is 0. The molecule has 1 heterocycles. The first-order valence-electron chi connectivity index (χ1n) is 7.55. The van der Waals surface area contributed by atoms with Gasteiger partial charge in [-0.15, -0.1) is 0 Å². The summed E-state index contributed by atoms with van der Waals surface area (Å²) in [7, 11) is 0. The Kier molecular flexibility index (Phi) is 7.70. The molecule has 0 aromatic carbocycles. The molecule has 0 aliphatic carbocycles. The van der Waals surface area contributed by atoms with Gasteiger partial charge in [0.25, 0.3) is 0 Å². The average Bonchev–Trinajstić information content (AvgIpc) is 2.31. The molecule has 0 aromatic rings. The van der Waals surface area contributed by atoms with Gasteiger partial charge in [0.05, 0.1) is 0 Å². The molecule has 1 fully saturated rings. The van der Waals surface area contributed by atoms with Crippen LogP contribution in [0.2, 0.25) is 0 Å². The van der Waals surface area contributed by atoms with Crippen molar-refractivity contribution in [3.8, 4) is 0 Å². The second-order valence-corrected chi connectivity index (χ2v) is 5.51. The molecule has 1 aliphatic heterocycles. The van der Waals surface area contributed by atoms with Crippen LogP contribution >= 0.6 is 0 Å². The molecule has 3 nitrogen and oxygen atoms in total. The Morgan fingerprint density at radius 1 is 0.889 bits per heavy atom. The van der Waals surface area contributed by atoms with E-state index in [0.29, 0.717) is 18.8 Å². The van der Waals surface area contributed by atoms with Crippen molar-refractivity contribution < 1.29 is 9.59 Å². The van der Waals surface area contributed by atoms with E-state index in [1.165, 1.54) is 51.4 Å². The van der Waals surface area contributed by atoms with Gasteiger partial charge in [0, 0.05) is 12.8 Å². The Labute approximate surface area is 111 Å². The first-order chi connectivity index (χ1) is 8.72. The minimum absolute atomic E-state index is 0.0872. The van der Waals surface area contributed by atoms with Gasteiger partial charge in [-0.2, -0.15) is 0 Å². The molecule has 0 unspecified atom stereocenters. The summed E-state index contributed by atoms with van der Waals surface area (Å²) >= 11 is 0. The van der Waals surface area contributed by atoms with E-state index in [1.807, 2.05) is 0 Å². The van der Waals surface area contributed by atoms with E-state index in [4.69, 9.17) is 0 Å². The SMILES string of the molecule is CCCCCCCCCCC1CC(=O)NC(=O)C1. The topological polar surface area (TPSA) is 46.2 Å². The molecule has 1 aliphatic rings. The fourth-order valence-electron chi connectivity index (χ4n) is 2.63. The second kappa shape index (κ2) is 9.12. The molecule has 18 heavy (non-hydrogen) atoms. The van der Waals surface area contributed by atoms with Crippen LogP contribution in [0.1, 0.15) is 77.6 Å². The summed E-state index contributed by atoms with van der Waals surface area (Å²) in [6.45, 7) is 2.24. The van der Waals surface area contributed by atoms with Gasteiger partial charge in [-0.05, 0) is 12.3 Å². The van der Waals surface area contributed by atoms with E-state index in [-0.39, 0.29) is 11.8 Å². The van der Waals surface area contributed by atoms with Crippen LogP contribution in [0.15, 0.2) is 0 Å². The van der Waals surface area contributed by atoms with Crippen molar-refractivity contribution in [3.05, 3.63) is 0 Å². The molecule has 0 spiro atoms. The summed E-state index contributed by atoms with van der Waals surface area (Å²) in [6, 6.07) is 0. The number of hydrogen-bond donors (Lipinski definition) is 1. The minimum Gasteiger partial charge on any atom is -0.296 e. The standard InChI is InChI=1S/C15H27NO2/c1-2-3-4-5-6-7-8-9-10-13-11-14(17)16-15(18)12-13/h13H,2-12H2,1H3,(H,16,17,18). The van der Waals surface area contributed by atoms with Crippen LogP contribution in [-0.2, 0) is 9.59 Å². The highest BCUT2D eigenvalue weighted by molar-refractivity contribution is 5.97. The van der Waals surface area contributed by atoms with Gasteiger partial charge in [0.2, 0.25) is 11.8 Å². The number of amides is 2. The smallest absolute Gasteiger partial charge is 0.226 e. The number of nitrogens with one attached hydrogen (secondary N) is 1. The van der Waals surface area contributed by atoms with E-state index < -0.39 is 0 Å². The highest BCUT2D eigenvalue weighted by Gasteiger charge is 2.23. The first-order valence-corrected chi connectivity index (χ1v) is 7.55. The lowest BCUT2D eigenvalue weighted by atomic mass is 9.91. The Balaban J connectivity index is 1.94. The molecule has 0 aromatic heterocycles. The lowest BCUT2D eigenvalue weighted by Crippen LogP contribution is -2.38. The maximum atomic E-state index is 11.2. The van der Waals surface area contributed by atoms with Gasteiger partial charge in [0.15, 0.2) is 0 Å². The van der Waals surface area contributed by atoms with Gasteiger partial charge >= 0.3 is 0 Å². The Morgan fingerprint density at radius 2 is 1.39 bits per heavy atom. The predicted molar refractivity (Wildman–Crippen MR) is 73.1 cm³/mol. The van der Waals surface area contributed by atoms with Crippen LogP contribution in [0.3, 0.4) is 0 Å². The summed E-state index contributed by atoms with van der Waals surface area (Å²) in [6.07, 6.45) is 12.6. The normalized spacial score (nSPS) is 16.9. The first kappa shape index (κ1) is 15.2. The quantitative estimate of drug-likeness (QED) is 0.504. The molecule has 2 amide bonds. The van der Waals surface area contributed by atoms with Crippen molar-refractivity contribution in [1.82, 2.24) is 5.32 Å². The van der Waals surface area contributed by atoms with Crippen LogP contribution in [0.4, 0.5) is 0 Å². The highest BCUT2D eigenvalue weighted by Crippen LogP contribution is 2.21. The van der Waals surface area contributed by atoms with Gasteiger partial charge in [-0.1, -0.05) is 58.3 Å². The third-order valence-electron chi connectivity index (χ3n) is 3.69. The van der Waals surface area contributed by atoms with Crippen molar-refractivity contribution in [2.75, 3.05) is 0 Å². The summed E-state index contributed by atoms with van der Waals surface area (Å²) in [5.74, 6) is 0.123. The minimum atomic E-state index is -0.0872. The lowest BCUT2D eigenvalue weighted by molar-refractivity contribution is -0.134. The largest absolute Gasteiger partial charge is 0.296 e. The van der Waals surface area contributed by atoms with Crippen LogP contribution in [0.5, 0.6) is 0 Å². The molecular weight excluding hydrogens is 226 g/mol. The monoisotopic (exact) mass is 253 g/mol. The predicted octanol–water partition coefficient (Wildman–Crippen LogP) is 3.57. The zero-order chi connectivity index (χ0) is 13.2. The van der Waals surface area contributed by atoms with E-state index in [2.05, 4.69) is 12.2 Å². The molecule has 0 atom stereocenters. The third-order valence-corrected chi connectivity index (χ3v) is 3.69. The van der Waals surface area contributed by atoms with Gasteiger partial charge < -0.3 is 0 Å². The number of piperidine rings is 1. The number of carbonyl (C=O) groups excluding carboxylic acids is 2. The van der Waals surface area contributed by atoms with Crippen molar-refractivity contribution in [3.63, 3.8) is 0 Å². The van der Waals surface area contributed by atoms with E-state index in [9.17, 15) is 9.59 Å². The van der Waals surface area contributed by atoms with E-state index >= 15 is 0 Å². The van der Waals surface area contributed by atoms with Crippen molar-refractivity contribution >= 4 is 11.8 Å². The summed E-state index contributed by atoms with van der Waals surface area (Å²) in [5, 5.41) is 2.36.